The second-order valence-corrected chi connectivity index (χ2v) is 11.0. The number of ether oxygens (including phenoxy) is 1. The Kier molecular flexibility index (Phi) is 4.22. The van der Waals surface area contributed by atoms with E-state index < -0.39 is 35.6 Å². The van der Waals surface area contributed by atoms with Crippen LogP contribution < -0.4 is 4.90 Å². The molecule has 7 aliphatic rings. The van der Waals surface area contributed by atoms with Gasteiger partial charge in [0.05, 0.1) is 35.7 Å². The van der Waals surface area contributed by atoms with E-state index in [9.17, 15) is 19.2 Å². The minimum Gasteiger partial charge on any atom is -0.341 e. The molecule has 2 fully saturated rings. The third-order valence-corrected chi connectivity index (χ3v) is 9.28. The van der Waals surface area contributed by atoms with E-state index in [-0.39, 0.29) is 30.0 Å². The number of hydrogen-bond acceptors (Lipinski definition) is 6. The van der Waals surface area contributed by atoms with Gasteiger partial charge in [-0.1, -0.05) is 60.7 Å². The number of hydrogen-bond donors (Lipinski definition) is 0. The highest BCUT2D eigenvalue weighted by molar-refractivity contribution is 6.16. The van der Waals surface area contributed by atoms with Crippen molar-refractivity contribution in [1.82, 2.24) is 9.80 Å². The van der Waals surface area contributed by atoms with Crippen LogP contribution in [0.15, 0.2) is 78.0 Å². The molecule has 38 heavy (non-hydrogen) atoms. The van der Waals surface area contributed by atoms with Crippen molar-refractivity contribution in [2.45, 2.75) is 37.3 Å². The molecule has 3 amide bonds. The summed E-state index contributed by atoms with van der Waals surface area (Å²) < 4.78 is 6.83. The molecule has 8 nitrogen and oxygen atoms in total. The summed E-state index contributed by atoms with van der Waals surface area (Å²) >= 11 is 0. The van der Waals surface area contributed by atoms with E-state index in [0.717, 1.165) is 11.3 Å². The van der Waals surface area contributed by atoms with Crippen LogP contribution in [0.3, 0.4) is 0 Å². The molecule has 9 rings (SSSR count). The van der Waals surface area contributed by atoms with E-state index in [4.69, 9.17) is 4.74 Å². The van der Waals surface area contributed by atoms with Crippen LogP contribution in [0.4, 0.5) is 5.69 Å². The molecule has 2 bridgehead atoms. The van der Waals surface area contributed by atoms with Crippen LogP contribution in [0.25, 0.3) is 0 Å². The second kappa shape index (κ2) is 7.29. The number of benzene rings is 2. The number of rotatable bonds is 2. The minimum atomic E-state index is -1.54. The first-order valence-electron chi connectivity index (χ1n) is 13.1. The van der Waals surface area contributed by atoms with Gasteiger partial charge >= 0.3 is 0 Å². The zero-order valence-corrected chi connectivity index (χ0v) is 20.7. The Morgan fingerprint density at radius 2 is 1.63 bits per heavy atom. The lowest BCUT2D eigenvalue weighted by molar-refractivity contribution is -0.208. The summed E-state index contributed by atoms with van der Waals surface area (Å²) in [6.45, 7) is 0.226. The van der Waals surface area contributed by atoms with Crippen molar-refractivity contribution < 1.29 is 23.9 Å². The lowest BCUT2D eigenvalue weighted by atomic mass is 9.67. The highest BCUT2D eigenvalue weighted by Crippen LogP contribution is 2.60. The molecule has 0 saturated carbocycles. The molecular formula is C30H25N3O5. The predicted octanol–water partition coefficient (Wildman–Crippen LogP) is 2.50. The molecule has 2 aromatic carbocycles. The maximum Gasteiger partial charge on any atom is 0.268 e. The van der Waals surface area contributed by atoms with Crippen LogP contribution in [-0.4, -0.2) is 52.6 Å². The summed E-state index contributed by atoms with van der Waals surface area (Å²) in [5, 5.41) is 0. The third kappa shape index (κ3) is 2.44. The fraction of sp³-hybridized carbons (Fsp3) is 0.333. The molecule has 1 spiro atoms. The molecule has 5 aliphatic heterocycles. The van der Waals surface area contributed by atoms with E-state index >= 15 is 0 Å². The van der Waals surface area contributed by atoms with Crippen molar-refractivity contribution in [2.75, 3.05) is 11.9 Å². The number of para-hydroxylation sites is 1. The Morgan fingerprint density at radius 1 is 0.895 bits per heavy atom. The van der Waals surface area contributed by atoms with Gasteiger partial charge in [-0.25, -0.2) is 0 Å². The van der Waals surface area contributed by atoms with Gasteiger partial charge in [-0.15, -0.1) is 0 Å². The van der Waals surface area contributed by atoms with Crippen molar-refractivity contribution in [3.8, 4) is 0 Å². The van der Waals surface area contributed by atoms with Crippen LogP contribution in [0, 0.1) is 17.8 Å². The van der Waals surface area contributed by atoms with Crippen molar-refractivity contribution in [3.63, 3.8) is 0 Å². The number of piperidine rings is 1. The molecule has 5 heterocycles. The number of imide groups is 1. The summed E-state index contributed by atoms with van der Waals surface area (Å²) in [4.78, 5) is 59.9. The number of fused-ring (bicyclic) bond motifs is 3. The van der Waals surface area contributed by atoms with Crippen molar-refractivity contribution in [3.05, 3.63) is 89.1 Å². The molecule has 2 saturated heterocycles. The summed E-state index contributed by atoms with van der Waals surface area (Å²) in [5.41, 5.74) is 1.91. The van der Waals surface area contributed by atoms with Crippen LogP contribution >= 0.6 is 0 Å². The fourth-order valence-corrected chi connectivity index (χ4v) is 7.72. The highest BCUT2D eigenvalue weighted by Gasteiger charge is 2.69. The van der Waals surface area contributed by atoms with Gasteiger partial charge in [-0.05, 0) is 18.1 Å². The number of anilines is 1. The lowest BCUT2D eigenvalue weighted by Gasteiger charge is -2.57. The number of carbonyl (C=O) groups is 4. The van der Waals surface area contributed by atoms with E-state index in [0.29, 0.717) is 29.7 Å². The van der Waals surface area contributed by atoms with Gasteiger partial charge < -0.3 is 14.5 Å². The first-order valence-corrected chi connectivity index (χ1v) is 13.1. The molecule has 0 aromatic heterocycles. The Balaban J connectivity index is 1.26. The number of carbonyl (C=O) groups excluding carboxylic acids is 4. The van der Waals surface area contributed by atoms with Gasteiger partial charge in [0, 0.05) is 30.6 Å². The highest BCUT2D eigenvalue weighted by atomic mass is 16.5. The summed E-state index contributed by atoms with van der Waals surface area (Å²) in [6.07, 6.45) is 4.12. The molecule has 0 radical (unpaired) electrons. The number of allylic oxidation sites excluding steroid dienone is 1. The maximum absolute atomic E-state index is 14.0. The van der Waals surface area contributed by atoms with Gasteiger partial charge in [0.2, 0.25) is 17.4 Å². The first-order chi connectivity index (χ1) is 18.4. The predicted molar refractivity (Wildman–Crippen MR) is 135 cm³/mol. The fourth-order valence-electron chi connectivity index (χ4n) is 7.72. The molecular weight excluding hydrogens is 482 g/mol. The number of likely N-dealkylation sites (N-methyl/N-ethyl adjacent to an activating group) is 1. The molecule has 2 aromatic rings. The Labute approximate surface area is 219 Å². The quantitative estimate of drug-likeness (QED) is 0.459. The zero-order chi connectivity index (χ0) is 25.9. The Morgan fingerprint density at radius 3 is 2.45 bits per heavy atom. The minimum absolute atomic E-state index is 0.0987. The topological polar surface area (TPSA) is 87.2 Å². The number of amides is 3. The summed E-state index contributed by atoms with van der Waals surface area (Å²) in [6, 6.07) is 16.5. The number of likely N-dealkylation sites (tertiary alicyclic amines) is 1. The van der Waals surface area contributed by atoms with E-state index in [1.165, 1.54) is 4.90 Å². The van der Waals surface area contributed by atoms with Crippen molar-refractivity contribution in [2.24, 2.45) is 17.8 Å². The lowest BCUT2D eigenvalue weighted by Crippen LogP contribution is -2.66. The number of Topliss-reactive ketones (excluding diaryl/α,β-unsaturated/α-hetero) is 1. The molecule has 0 unspecified atom stereocenters. The van der Waals surface area contributed by atoms with Gasteiger partial charge in [-0.2, -0.15) is 0 Å². The number of ketones is 1. The van der Waals surface area contributed by atoms with Crippen LogP contribution in [0.5, 0.6) is 0 Å². The van der Waals surface area contributed by atoms with Crippen molar-refractivity contribution >= 4 is 29.2 Å². The average molecular weight is 508 g/mol. The maximum atomic E-state index is 14.0. The smallest absolute Gasteiger partial charge is 0.268 e. The largest absolute Gasteiger partial charge is 0.341 e. The molecule has 0 N–H and O–H groups in total. The normalized spacial score (nSPS) is 34.4. The van der Waals surface area contributed by atoms with E-state index in [2.05, 4.69) is 0 Å². The van der Waals surface area contributed by atoms with E-state index in [1.54, 1.807) is 11.9 Å². The molecule has 8 heteroatoms. The Hall–Kier alpha value is -4.04. The SMILES string of the molecule is CN1C(=O)[C@@]2(O[C@H]3[C@H]4C=C[C@@H]([C@H]5C(=O)N(Cc6ccccc6)C(=O)[C@@H]45)N3C3=C2C(=O)CC3)c2ccccc21. The molecule has 190 valence electrons. The molecule has 6 atom stereocenters. The van der Waals surface area contributed by atoms with Crippen LogP contribution in [0.2, 0.25) is 0 Å². The second-order valence-electron chi connectivity index (χ2n) is 11.0. The molecule has 2 aliphatic carbocycles. The van der Waals surface area contributed by atoms with Crippen molar-refractivity contribution in [1.29, 1.82) is 0 Å². The van der Waals surface area contributed by atoms with Gasteiger partial charge in [-0.3, -0.25) is 24.1 Å². The van der Waals surface area contributed by atoms with Gasteiger partial charge in [0.15, 0.2) is 5.78 Å². The standard InChI is InChI=1S/C30H25N3O5/c1-31-19-10-6-5-9-18(19)30(29(31)37)25-21(13-14-22(25)34)33-20-12-11-17(28(33)38-30)23-24(20)27(36)32(26(23)35)15-16-7-3-2-4-8-16/h2-12,17,20,23-24,28H,13-15H2,1H3/t17-,20-,23-,24+,28-,30+/m0/s1. The Bertz CT molecular complexity index is 1530. The summed E-state index contributed by atoms with van der Waals surface area (Å²) in [7, 11) is 1.70. The zero-order valence-electron chi connectivity index (χ0n) is 20.7. The van der Waals surface area contributed by atoms with E-state index in [1.807, 2.05) is 71.6 Å². The van der Waals surface area contributed by atoms with Gasteiger partial charge in [0.1, 0.15) is 6.23 Å². The average Bonchev–Trinajstić information content (AvgIpc) is 3.53. The van der Waals surface area contributed by atoms with Crippen LogP contribution in [0.1, 0.15) is 24.0 Å². The monoisotopic (exact) mass is 507 g/mol. The van der Waals surface area contributed by atoms with Gasteiger partial charge in [0.25, 0.3) is 5.91 Å². The third-order valence-electron chi connectivity index (χ3n) is 9.28. The number of nitrogens with zero attached hydrogens (tertiary/aromatic N) is 3. The van der Waals surface area contributed by atoms with Crippen LogP contribution in [-0.2, 0) is 36.1 Å². The first kappa shape index (κ1) is 22.0. The summed E-state index contributed by atoms with van der Waals surface area (Å²) in [5.74, 6) is -2.30.